The van der Waals surface area contributed by atoms with Gasteiger partial charge in [0.05, 0.1) is 17.1 Å². The van der Waals surface area contributed by atoms with Crippen LogP contribution in [0.3, 0.4) is 0 Å². The molecule has 1 aromatic rings. The summed E-state index contributed by atoms with van der Waals surface area (Å²) in [5.41, 5.74) is 0.829. The molecule has 7 heteroatoms. The zero-order valence-electron chi connectivity index (χ0n) is 10.6. The predicted octanol–water partition coefficient (Wildman–Crippen LogP) is 2.08. The molecule has 2 unspecified atom stereocenters. The van der Waals surface area contributed by atoms with Crippen LogP contribution in [0.15, 0.2) is 27.6 Å². The van der Waals surface area contributed by atoms with E-state index in [9.17, 15) is 8.42 Å². The Labute approximate surface area is 121 Å². The summed E-state index contributed by atoms with van der Waals surface area (Å²) in [6, 6.07) is 4.68. The monoisotopic (exact) mass is 348 g/mol. The van der Waals surface area contributed by atoms with Crippen LogP contribution >= 0.6 is 15.9 Å². The summed E-state index contributed by atoms with van der Waals surface area (Å²) in [7, 11) is -3.66. The average Bonchev–Trinajstić information content (AvgIpc) is 2.72. The third-order valence-corrected chi connectivity index (χ3v) is 4.68. The van der Waals surface area contributed by atoms with Crippen LogP contribution in [-0.4, -0.2) is 27.2 Å². The third-order valence-electron chi connectivity index (χ3n) is 3.11. The van der Waals surface area contributed by atoms with Crippen molar-refractivity contribution in [1.82, 2.24) is 0 Å². The summed E-state index contributed by atoms with van der Waals surface area (Å²) < 4.78 is 28.8. The van der Waals surface area contributed by atoms with Gasteiger partial charge in [-0.05, 0) is 53.9 Å². The van der Waals surface area contributed by atoms with Crippen LogP contribution in [0.4, 0.5) is 5.69 Å². The Morgan fingerprint density at radius 3 is 2.74 bits per heavy atom. The van der Waals surface area contributed by atoms with E-state index in [0.29, 0.717) is 17.1 Å². The van der Waals surface area contributed by atoms with Gasteiger partial charge in [0.2, 0.25) is 10.0 Å². The topological polar surface area (TPSA) is 81.4 Å². The summed E-state index contributed by atoms with van der Waals surface area (Å²) >= 11 is 3.34. The molecule has 0 aromatic heterocycles. The first-order chi connectivity index (χ1) is 8.86. The molecule has 3 N–H and O–H groups in total. The third kappa shape index (κ3) is 3.92. The van der Waals surface area contributed by atoms with Gasteiger partial charge in [0, 0.05) is 16.7 Å². The lowest BCUT2D eigenvalue weighted by molar-refractivity contribution is 0.0637. The van der Waals surface area contributed by atoms with E-state index in [0.717, 1.165) is 18.5 Å². The number of rotatable bonds is 4. The highest BCUT2D eigenvalue weighted by Gasteiger charge is 2.21. The molecule has 0 radical (unpaired) electrons. The fourth-order valence-corrected chi connectivity index (χ4v) is 3.29. The molecule has 106 valence electrons. The minimum atomic E-state index is -3.66. The number of hydrogen-bond donors (Lipinski definition) is 2. The molecule has 1 fully saturated rings. The number of nitrogens with two attached hydrogens (primary N) is 1. The molecule has 0 saturated carbocycles. The Bertz CT molecular complexity index is 562. The van der Waals surface area contributed by atoms with Gasteiger partial charge in [-0.2, -0.15) is 0 Å². The summed E-state index contributed by atoms with van der Waals surface area (Å²) in [5.74, 6) is 0. The molecule has 0 bridgehead atoms. The molecule has 1 aliphatic heterocycles. The second-order valence-corrected chi connectivity index (χ2v) is 7.13. The van der Waals surface area contributed by atoms with Crippen LogP contribution in [0.1, 0.15) is 19.8 Å². The Kier molecular flexibility index (Phi) is 4.50. The number of hydrogen-bond acceptors (Lipinski definition) is 4. The summed E-state index contributed by atoms with van der Waals surface area (Å²) in [4.78, 5) is 0.0932. The van der Waals surface area contributed by atoms with Gasteiger partial charge in [-0.25, -0.2) is 13.6 Å². The van der Waals surface area contributed by atoms with Gasteiger partial charge in [0.1, 0.15) is 0 Å². The SMILES string of the molecule is CC1CCC(CNc2ccc(S(N)(=O)=O)cc2Br)O1. The molecule has 1 aliphatic rings. The zero-order valence-corrected chi connectivity index (χ0v) is 13.0. The van der Waals surface area contributed by atoms with E-state index in [-0.39, 0.29) is 11.0 Å². The second kappa shape index (κ2) is 5.78. The van der Waals surface area contributed by atoms with Crippen LogP contribution in [0.25, 0.3) is 0 Å². The van der Waals surface area contributed by atoms with E-state index in [1.54, 1.807) is 6.07 Å². The van der Waals surface area contributed by atoms with Crippen molar-refractivity contribution >= 4 is 31.6 Å². The Morgan fingerprint density at radius 2 is 2.21 bits per heavy atom. The molecule has 0 amide bonds. The quantitative estimate of drug-likeness (QED) is 0.872. The maximum atomic E-state index is 11.2. The fraction of sp³-hybridized carbons (Fsp3) is 0.500. The lowest BCUT2D eigenvalue weighted by Crippen LogP contribution is -2.20. The first-order valence-electron chi connectivity index (χ1n) is 6.08. The van der Waals surface area contributed by atoms with E-state index in [1.165, 1.54) is 12.1 Å². The molecule has 1 aromatic carbocycles. The van der Waals surface area contributed by atoms with Crippen LogP contribution in [-0.2, 0) is 14.8 Å². The molecule has 0 aliphatic carbocycles. The van der Waals surface area contributed by atoms with Crippen molar-refractivity contribution in [2.24, 2.45) is 5.14 Å². The molecular weight excluding hydrogens is 332 g/mol. The van der Waals surface area contributed by atoms with Crippen LogP contribution in [0.5, 0.6) is 0 Å². The normalized spacial score (nSPS) is 23.5. The van der Waals surface area contributed by atoms with Crippen LogP contribution in [0, 0.1) is 0 Å². The number of ether oxygens (including phenoxy) is 1. The molecule has 1 heterocycles. The van der Waals surface area contributed by atoms with Crippen molar-refractivity contribution in [1.29, 1.82) is 0 Å². The van der Waals surface area contributed by atoms with Gasteiger partial charge in [-0.15, -0.1) is 0 Å². The smallest absolute Gasteiger partial charge is 0.238 e. The second-order valence-electron chi connectivity index (χ2n) is 4.71. The number of primary sulfonamides is 1. The van der Waals surface area contributed by atoms with E-state index in [4.69, 9.17) is 9.88 Å². The highest BCUT2D eigenvalue weighted by atomic mass is 79.9. The Morgan fingerprint density at radius 1 is 1.47 bits per heavy atom. The number of nitrogens with one attached hydrogen (secondary N) is 1. The molecule has 2 rings (SSSR count). The number of halogens is 1. The summed E-state index contributed by atoms with van der Waals surface area (Å²) in [6.45, 7) is 2.77. The Hall–Kier alpha value is -0.630. The molecule has 0 spiro atoms. The standard InChI is InChI=1S/C12H17BrN2O3S/c1-8-2-3-9(18-8)7-15-12-5-4-10(6-11(12)13)19(14,16)17/h4-6,8-9,15H,2-3,7H2,1H3,(H2,14,16,17). The molecule has 5 nitrogen and oxygen atoms in total. The van der Waals surface area contributed by atoms with Crippen molar-refractivity contribution in [3.8, 4) is 0 Å². The first-order valence-corrected chi connectivity index (χ1v) is 8.42. The minimum Gasteiger partial charge on any atom is -0.382 e. The lowest BCUT2D eigenvalue weighted by atomic mass is 10.2. The maximum Gasteiger partial charge on any atom is 0.238 e. The van der Waals surface area contributed by atoms with Crippen molar-refractivity contribution in [3.05, 3.63) is 22.7 Å². The zero-order chi connectivity index (χ0) is 14.0. The van der Waals surface area contributed by atoms with Crippen molar-refractivity contribution in [3.63, 3.8) is 0 Å². The van der Waals surface area contributed by atoms with Crippen molar-refractivity contribution in [2.45, 2.75) is 36.9 Å². The van der Waals surface area contributed by atoms with E-state index in [2.05, 4.69) is 28.2 Å². The van der Waals surface area contributed by atoms with Crippen molar-refractivity contribution in [2.75, 3.05) is 11.9 Å². The highest BCUT2D eigenvalue weighted by molar-refractivity contribution is 9.10. The van der Waals surface area contributed by atoms with E-state index >= 15 is 0 Å². The number of sulfonamides is 1. The van der Waals surface area contributed by atoms with Crippen LogP contribution < -0.4 is 10.5 Å². The molecule has 1 saturated heterocycles. The summed E-state index contributed by atoms with van der Waals surface area (Å²) in [5, 5.41) is 8.32. The number of benzene rings is 1. The average molecular weight is 349 g/mol. The largest absolute Gasteiger partial charge is 0.382 e. The summed E-state index contributed by atoms with van der Waals surface area (Å²) in [6.07, 6.45) is 2.65. The lowest BCUT2D eigenvalue weighted by Gasteiger charge is -2.14. The maximum absolute atomic E-state index is 11.2. The molecular formula is C12H17BrN2O3S. The first kappa shape index (κ1) is 14.8. The molecule has 19 heavy (non-hydrogen) atoms. The van der Waals surface area contributed by atoms with E-state index < -0.39 is 10.0 Å². The van der Waals surface area contributed by atoms with Gasteiger partial charge >= 0.3 is 0 Å². The van der Waals surface area contributed by atoms with Crippen molar-refractivity contribution < 1.29 is 13.2 Å². The van der Waals surface area contributed by atoms with Crippen LogP contribution in [0.2, 0.25) is 0 Å². The van der Waals surface area contributed by atoms with E-state index in [1.807, 2.05) is 0 Å². The van der Waals surface area contributed by atoms with Gasteiger partial charge in [0.25, 0.3) is 0 Å². The highest BCUT2D eigenvalue weighted by Crippen LogP contribution is 2.26. The van der Waals surface area contributed by atoms with Gasteiger partial charge < -0.3 is 10.1 Å². The van der Waals surface area contributed by atoms with Gasteiger partial charge in [-0.3, -0.25) is 0 Å². The minimum absolute atomic E-state index is 0.0932. The Balaban J connectivity index is 2.02. The number of anilines is 1. The van der Waals surface area contributed by atoms with Gasteiger partial charge in [0.15, 0.2) is 0 Å². The van der Waals surface area contributed by atoms with Gasteiger partial charge in [-0.1, -0.05) is 0 Å². The molecule has 2 atom stereocenters. The fourth-order valence-electron chi connectivity index (χ4n) is 2.08. The predicted molar refractivity (Wildman–Crippen MR) is 77.6 cm³/mol.